The first-order valence-electron chi connectivity index (χ1n) is 16.2. The quantitative estimate of drug-likeness (QED) is 0.0768. The molecule has 5 rings (SSSR count). The van der Waals surface area contributed by atoms with Crippen LogP contribution in [0.4, 0.5) is 0 Å². The molecule has 1 aliphatic carbocycles. The fraction of sp³-hybridized carbons (Fsp3) is 0.412. The van der Waals surface area contributed by atoms with E-state index in [9.17, 15) is 22.8 Å². The van der Waals surface area contributed by atoms with E-state index in [4.69, 9.17) is 10.6 Å². The molecule has 13 nitrogen and oxygen atoms in total. The Morgan fingerprint density at radius 1 is 0.979 bits per heavy atom. The number of ether oxygens (including phenoxy) is 1. The summed E-state index contributed by atoms with van der Waals surface area (Å²) in [6.45, 7) is 1.98. The summed E-state index contributed by atoms with van der Waals surface area (Å²) in [6.07, 6.45) is 4.52. The Hall–Kier alpha value is -4.69. The lowest BCUT2D eigenvalue weighted by Crippen LogP contribution is -2.53. The van der Waals surface area contributed by atoms with Gasteiger partial charge in [0.1, 0.15) is 18.1 Å². The van der Waals surface area contributed by atoms with Crippen LogP contribution < -0.4 is 25.9 Å². The number of nitrogens with two attached hydrogens (primary N) is 1. The Kier molecular flexibility index (Phi) is 11.9. The number of hydrogen-bond acceptors (Lipinski definition) is 8. The van der Waals surface area contributed by atoms with E-state index >= 15 is 0 Å². The zero-order valence-electron chi connectivity index (χ0n) is 26.8. The third-order valence-electron chi connectivity index (χ3n) is 8.44. The molecule has 2 aliphatic rings. The van der Waals surface area contributed by atoms with E-state index in [1.165, 1.54) is 6.07 Å². The summed E-state index contributed by atoms with van der Waals surface area (Å²) in [5.41, 5.74) is 0. The zero-order valence-corrected chi connectivity index (χ0v) is 27.6. The SMILES string of the molecule is NN=CN1CCC[C@@H](CNC(=O)C[C@H](NS(=O)(=O)c2ccc3ccccc3c2)C(=O)N(CCNC(=O)COc2ccccc2)C2CC2)C1. The summed E-state index contributed by atoms with van der Waals surface area (Å²) in [5, 5.41) is 10.9. The van der Waals surface area contributed by atoms with Crippen molar-refractivity contribution in [1.82, 2.24) is 25.2 Å². The molecular weight excluding hydrogens is 634 g/mol. The molecule has 0 radical (unpaired) electrons. The Morgan fingerprint density at radius 2 is 1.73 bits per heavy atom. The second-order valence-corrected chi connectivity index (χ2v) is 13.9. The highest BCUT2D eigenvalue weighted by molar-refractivity contribution is 7.89. The number of rotatable bonds is 16. The van der Waals surface area contributed by atoms with E-state index in [1.54, 1.807) is 47.6 Å². The Bertz CT molecular complexity index is 1700. The van der Waals surface area contributed by atoms with Gasteiger partial charge >= 0.3 is 0 Å². The summed E-state index contributed by atoms with van der Waals surface area (Å²) >= 11 is 0. The van der Waals surface area contributed by atoms with Gasteiger partial charge in [0, 0.05) is 38.8 Å². The van der Waals surface area contributed by atoms with Crippen LogP contribution in [0.15, 0.2) is 82.8 Å². The van der Waals surface area contributed by atoms with Gasteiger partial charge < -0.3 is 31.0 Å². The smallest absolute Gasteiger partial charge is 0.258 e. The van der Waals surface area contributed by atoms with Gasteiger partial charge in [0.15, 0.2) is 6.61 Å². The first-order chi connectivity index (χ1) is 23.2. The van der Waals surface area contributed by atoms with Crippen molar-refractivity contribution >= 4 is 44.9 Å². The number of hydrogen-bond donors (Lipinski definition) is 4. The number of hydrazone groups is 1. The molecule has 14 heteroatoms. The molecule has 2 atom stereocenters. The van der Waals surface area contributed by atoms with E-state index in [0.717, 1.165) is 43.0 Å². The first-order valence-corrected chi connectivity index (χ1v) is 17.7. The fourth-order valence-corrected chi connectivity index (χ4v) is 7.06. The van der Waals surface area contributed by atoms with Gasteiger partial charge in [-0.3, -0.25) is 14.4 Å². The Labute approximate surface area is 280 Å². The zero-order chi connectivity index (χ0) is 33.9. The number of amides is 3. The van der Waals surface area contributed by atoms with Gasteiger partial charge in [-0.2, -0.15) is 9.82 Å². The van der Waals surface area contributed by atoms with Crippen molar-refractivity contribution in [2.24, 2.45) is 16.9 Å². The average Bonchev–Trinajstić information content (AvgIpc) is 3.94. The second kappa shape index (κ2) is 16.4. The standard InChI is InChI=1S/C34H43N7O6S/c35-38-24-40-17-6-7-25(22-40)21-37-32(42)20-31(39-48(45,46)30-15-12-26-8-4-5-9-27(26)19-30)34(44)41(28-13-14-28)18-16-36-33(43)23-47-29-10-2-1-3-11-29/h1-5,8-12,15,19,24-25,28,31,39H,6-7,13-14,16-18,20-23,35H2,(H,36,43)(H,37,42)/t25-,31-/m0/s1. The maximum Gasteiger partial charge on any atom is 0.258 e. The lowest BCUT2D eigenvalue weighted by molar-refractivity contribution is -0.136. The van der Waals surface area contributed by atoms with Crippen LogP contribution in [-0.2, 0) is 24.4 Å². The highest BCUT2D eigenvalue weighted by Gasteiger charge is 2.38. The number of para-hydroxylation sites is 1. The monoisotopic (exact) mass is 677 g/mol. The van der Waals surface area contributed by atoms with Gasteiger partial charge in [0.2, 0.25) is 21.8 Å². The molecule has 3 aromatic rings. The third-order valence-corrected chi connectivity index (χ3v) is 9.91. The van der Waals surface area contributed by atoms with E-state index in [-0.39, 0.29) is 48.9 Å². The summed E-state index contributed by atoms with van der Waals surface area (Å²) in [7, 11) is -4.19. The number of nitrogens with zero attached hydrogens (tertiary/aromatic N) is 3. The molecule has 48 heavy (non-hydrogen) atoms. The summed E-state index contributed by atoms with van der Waals surface area (Å²) in [6, 6.07) is 19.6. The molecule has 2 fully saturated rings. The largest absolute Gasteiger partial charge is 0.484 e. The van der Waals surface area contributed by atoms with Crippen LogP contribution in [0.5, 0.6) is 5.75 Å². The molecule has 1 heterocycles. The van der Waals surface area contributed by atoms with Crippen LogP contribution in [0.1, 0.15) is 32.1 Å². The predicted octanol–water partition coefficient (Wildman–Crippen LogP) is 1.79. The molecule has 0 unspecified atom stereocenters. The minimum atomic E-state index is -4.19. The lowest BCUT2D eigenvalue weighted by atomic mass is 9.98. The Balaban J connectivity index is 1.25. The topological polar surface area (TPSA) is 176 Å². The molecule has 256 valence electrons. The van der Waals surface area contributed by atoms with Crippen molar-refractivity contribution in [2.75, 3.05) is 39.3 Å². The number of carbonyl (C=O) groups is 3. The fourth-order valence-electron chi connectivity index (χ4n) is 5.84. The molecule has 1 aliphatic heterocycles. The number of piperidine rings is 1. The van der Waals surface area contributed by atoms with Crippen LogP contribution in [-0.4, -0.2) is 93.7 Å². The normalized spacial score (nSPS) is 17.2. The van der Waals surface area contributed by atoms with E-state index in [1.807, 2.05) is 35.2 Å². The van der Waals surface area contributed by atoms with E-state index in [2.05, 4.69) is 20.5 Å². The second-order valence-electron chi connectivity index (χ2n) is 12.2. The third kappa shape index (κ3) is 9.91. The van der Waals surface area contributed by atoms with Crippen LogP contribution >= 0.6 is 0 Å². The number of likely N-dealkylation sites (tertiary alicyclic amines) is 1. The molecule has 0 spiro atoms. The summed E-state index contributed by atoms with van der Waals surface area (Å²) < 4.78 is 35.4. The minimum Gasteiger partial charge on any atom is -0.484 e. The molecule has 0 bridgehead atoms. The van der Waals surface area contributed by atoms with Crippen LogP contribution in [0.25, 0.3) is 10.8 Å². The molecule has 1 saturated heterocycles. The predicted molar refractivity (Wildman–Crippen MR) is 182 cm³/mol. The highest BCUT2D eigenvalue weighted by atomic mass is 32.2. The van der Waals surface area contributed by atoms with Crippen molar-refractivity contribution in [3.63, 3.8) is 0 Å². The number of nitrogens with one attached hydrogen (secondary N) is 3. The highest BCUT2D eigenvalue weighted by Crippen LogP contribution is 2.28. The minimum absolute atomic E-state index is 0.00748. The van der Waals surface area contributed by atoms with Crippen LogP contribution in [0.2, 0.25) is 0 Å². The van der Waals surface area contributed by atoms with Gasteiger partial charge in [-0.1, -0.05) is 48.5 Å². The number of fused-ring (bicyclic) bond motifs is 1. The van der Waals surface area contributed by atoms with Crippen molar-refractivity contribution < 1.29 is 27.5 Å². The van der Waals surface area contributed by atoms with Gasteiger partial charge in [-0.15, -0.1) is 0 Å². The van der Waals surface area contributed by atoms with Crippen LogP contribution in [0, 0.1) is 5.92 Å². The number of sulfonamides is 1. The molecule has 3 aromatic carbocycles. The van der Waals surface area contributed by atoms with Crippen LogP contribution in [0.3, 0.4) is 0 Å². The van der Waals surface area contributed by atoms with Gasteiger partial charge in [0.25, 0.3) is 5.91 Å². The van der Waals surface area contributed by atoms with Crippen molar-refractivity contribution in [2.45, 2.75) is 49.1 Å². The molecule has 1 saturated carbocycles. The van der Waals surface area contributed by atoms with Crippen molar-refractivity contribution in [3.05, 3.63) is 72.8 Å². The number of benzene rings is 3. The first kappa shape index (κ1) is 34.6. The van der Waals surface area contributed by atoms with Gasteiger partial charge in [0.05, 0.1) is 11.3 Å². The summed E-state index contributed by atoms with van der Waals surface area (Å²) in [4.78, 5) is 43.3. The molecule has 5 N–H and O–H groups in total. The van der Waals surface area contributed by atoms with Gasteiger partial charge in [-0.25, -0.2) is 8.42 Å². The van der Waals surface area contributed by atoms with E-state index < -0.39 is 27.9 Å². The molecular formula is C34H43N7O6S. The van der Waals surface area contributed by atoms with Crippen molar-refractivity contribution in [1.29, 1.82) is 0 Å². The molecule has 0 aromatic heterocycles. The lowest BCUT2D eigenvalue weighted by Gasteiger charge is -2.31. The Morgan fingerprint density at radius 3 is 2.48 bits per heavy atom. The maximum atomic E-state index is 14.0. The van der Waals surface area contributed by atoms with Crippen molar-refractivity contribution in [3.8, 4) is 5.75 Å². The number of carbonyl (C=O) groups excluding carboxylic acids is 3. The summed E-state index contributed by atoms with van der Waals surface area (Å²) in [5.74, 6) is 4.70. The average molecular weight is 678 g/mol. The molecule has 3 amide bonds. The van der Waals surface area contributed by atoms with E-state index in [0.29, 0.717) is 18.8 Å². The van der Waals surface area contributed by atoms with Gasteiger partial charge in [-0.05, 0) is 66.6 Å². The maximum absolute atomic E-state index is 14.0.